The first-order chi connectivity index (χ1) is 17.3. The van der Waals surface area contributed by atoms with Crippen LogP contribution in [0.3, 0.4) is 0 Å². The Bertz CT molecular complexity index is 1480. The minimum absolute atomic E-state index is 0.326. The summed E-state index contributed by atoms with van der Waals surface area (Å²) < 4.78 is 76.1. The number of allylic oxidation sites excluding steroid dienone is 1. The van der Waals surface area contributed by atoms with Crippen molar-refractivity contribution in [2.45, 2.75) is 17.0 Å². The van der Waals surface area contributed by atoms with Gasteiger partial charge < -0.3 is 15.2 Å². The number of rotatable bonds is 5. The third-order valence-corrected chi connectivity index (χ3v) is 6.66. The summed E-state index contributed by atoms with van der Waals surface area (Å²) in [5.41, 5.74) is 2.69. The molecule has 9 nitrogen and oxygen atoms in total. The lowest BCUT2D eigenvalue weighted by molar-refractivity contribution is -0.140. The zero-order valence-corrected chi connectivity index (χ0v) is 20.5. The molecule has 1 heterocycles. The molecular weight excluding hydrogens is 515 g/mol. The van der Waals surface area contributed by atoms with E-state index in [1.54, 1.807) is 18.2 Å². The van der Waals surface area contributed by atoms with Crippen molar-refractivity contribution >= 4 is 27.5 Å². The predicted molar refractivity (Wildman–Crippen MR) is 124 cm³/mol. The van der Waals surface area contributed by atoms with E-state index in [0.29, 0.717) is 16.5 Å². The number of hydrogen-bond acceptors (Lipinski definition) is 9. The van der Waals surface area contributed by atoms with E-state index in [-0.39, 0.29) is 5.57 Å². The highest BCUT2D eigenvalue weighted by Crippen LogP contribution is 2.46. The molecule has 0 spiro atoms. The molecule has 37 heavy (non-hydrogen) atoms. The highest BCUT2D eigenvalue weighted by molar-refractivity contribution is 7.90. The monoisotopic (exact) mass is 535 g/mol. The number of esters is 2. The van der Waals surface area contributed by atoms with Crippen LogP contribution in [-0.4, -0.2) is 40.8 Å². The van der Waals surface area contributed by atoms with Gasteiger partial charge in [-0.3, -0.25) is 4.90 Å². The second-order valence-electron chi connectivity index (χ2n) is 7.78. The quantitative estimate of drug-likeness (QED) is 0.572. The maximum Gasteiger partial charge on any atom is 0.418 e. The highest BCUT2D eigenvalue weighted by Gasteiger charge is 2.45. The van der Waals surface area contributed by atoms with E-state index in [0.717, 1.165) is 32.6 Å². The number of carbonyl (C=O) groups excluding carboxylic acids is 2. The highest BCUT2D eigenvalue weighted by atomic mass is 32.2. The van der Waals surface area contributed by atoms with Crippen molar-refractivity contribution in [3.63, 3.8) is 0 Å². The average Bonchev–Trinajstić information content (AvgIpc) is 2.86. The molecule has 0 fully saturated rings. The van der Waals surface area contributed by atoms with Crippen LogP contribution in [0.5, 0.6) is 0 Å². The minimum atomic E-state index is -5.13. The molecule has 2 aromatic carbocycles. The molecule has 2 N–H and O–H groups in total. The molecule has 1 atom stereocenters. The predicted octanol–water partition coefficient (Wildman–Crippen LogP) is 3.01. The number of nitrogens with two attached hydrogens (primary N) is 1. The number of carbonyl (C=O) groups is 2. The summed E-state index contributed by atoms with van der Waals surface area (Å²) in [6.07, 6.45) is -4.41. The molecule has 2 aromatic rings. The largest absolute Gasteiger partial charge is 0.466 e. The Hall–Kier alpha value is -4.31. The van der Waals surface area contributed by atoms with Crippen LogP contribution in [0.1, 0.15) is 17.0 Å². The van der Waals surface area contributed by atoms with Crippen LogP contribution in [0.4, 0.5) is 18.9 Å². The topological polar surface area (TPSA) is 140 Å². The second-order valence-corrected chi connectivity index (χ2v) is 9.80. The molecule has 1 unspecified atom stereocenters. The zero-order chi connectivity index (χ0) is 27.7. The number of methoxy groups -OCH3 is 2. The summed E-state index contributed by atoms with van der Waals surface area (Å²) in [5.74, 6) is -4.25. The normalized spacial score (nSPS) is 16.4. The van der Waals surface area contributed by atoms with Crippen LogP contribution in [0.2, 0.25) is 0 Å². The van der Waals surface area contributed by atoms with Gasteiger partial charge in [-0.05, 0) is 23.8 Å². The Morgan fingerprint density at radius 3 is 2.14 bits per heavy atom. The van der Waals surface area contributed by atoms with E-state index in [2.05, 4.69) is 0 Å². The lowest BCUT2D eigenvalue weighted by Crippen LogP contribution is -2.41. The number of nitrogens with zero attached hydrogens (tertiary/aromatic N) is 2. The first-order valence-corrected chi connectivity index (χ1v) is 12.2. The van der Waals surface area contributed by atoms with Crippen molar-refractivity contribution < 1.29 is 40.7 Å². The zero-order valence-electron chi connectivity index (χ0n) is 19.7. The Morgan fingerprint density at radius 2 is 1.65 bits per heavy atom. The molecular formula is C24H20F3N3O6S. The lowest BCUT2D eigenvalue weighted by atomic mass is 9.80. The molecule has 1 aliphatic heterocycles. The van der Waals surface area contributed by atoms with E-state index in [1.807, 2.05) is 6.07 Å². The van der Waals surface area contributed by atoms with E-state index in [4.69, 9.17) is 15.2 Å². The van der Waals surface area contributed by atoms with Gasteiger partial charge in [0.15, 0.2) is 9.84 Å². The molecule has 1 aliphatic rings. The fraction of sp³-hybridized carbons (Fsp3) is 0.208. The number of nitriles is 1. The van der Waals surface area contributed by atoms with Gasteiger partial charge >= 0.3 is 18.1 Å². The fourth-order valence-corrected chi connectivity index (χ4v) is 4.58. The Balaban J connectivity index is 2.52. The summed E-state index contributed by atoms with van der Waals surface area (Å²) in [6.45, 7) is 0. The Kier molecular flexibility index (Phi) is 7.36. The van der Waals surface area contributed by atoms with Gasteiger partial charge in [0.25, 0.3) is 0 Å². The van der Waals surface area contributed by atoms with Crippen molar-refractivity contribution in [3.8, 4) is 6.07 Å². The first-order valence-electron chi connectivity index (χ1n) is 10.3. The van der Waals surface area contributed by atoms with E-state index < -0.39 is 67.1 Å². The number of anilines is 1. The van der Waals surface area contributed by atoms with E-state index >= 15 is 0 Å². The van der Waals surface area contributed by atoms with Gasteiger partial charge in [-0.25, -0.2) is 18.0 Å². The summed E-state index contributed by atoms with van der Waals surface area (Å²) in [5, 5.41) is 9.99. The van der Waals surface area contributed by atoms with Gasteiger partial charge in [0, 0.05) is 6.26 Å². The summed E-state index contributed by atoms with van der Waals surface area (Å²) in [7, 11) is -2.13. The van der Waals surface area contributed by atoms with Gasteiger partial charge in [0.2, 0.25) is 0 Å². The maximum absolute atomic E-state index is 14.2. The van der Waals surface area contributed by atoms with Crippen LogP contribution in [0.25, 0.3) is 0 Å². The Labute approximate surface area is 210 Å². The molecule has 0 aliphatic carbocycles. The van der Waals surface area contributed by atoms with Gasteiger partial charge in [-0.2, -0.15) is 18.4 Å². The lowest BCUT2D eigenvalue weighted by Gasteiger charge is -2.37. The van der Waals surface area contributed by atoms with Crippen molar-refractivity contribution in [1.29, 1.82) is 5.26 Å². The molecule has 0 radical (unpaired) electrons. The molecule has 13 heteroatoms. The van der Waals surface area contributed by atoms with Crippen LogP contribution < -0.4 is 10.6 Å². The van der Waals surface area contributed by atoms with E-state index in [9.17, 15) is 36.4 Å². The molecule has 0 bridgehead atoms. The molecule has 194 valence electrons. The first kappa shape index (κ1) is 27.3. The molecule has 0 amide bonds. The minimum Gasteiger partial charge on any atom is -0.466 e. The summed E-state index contributed by atoms with van der Waals surface area (Å²) in [6, 6.07) is 11.8. The van der Waals surface area contributed by atoms with Gasteiger partial charge in [-0.15, -0.1) is 0 Å². The number of hydrogen-bond donors (Lipinski definition) is 1. The summed E-state index contributed by atoms with van der Waals surface area (Å²) in [4.78, 5) is 25.9. The van der Waals surface area contributed by atoms with Crippen molar-refractivity contribution in [1.82, 2.24) is 0 Å². The number of sulfone groups is 1. The molecule has 0 saturated carbocycles. The van der Waals surface area contributed by atoms with Crippen LogP contribution in [0.15, 0.2) is 76.1 Å². The Morgan fingerprint density at radius 1 is 1.05 bits per heavy atom. The molecule has 3 rings (SSSR count). The van der Waals surface area contributed by atoms with Crippen molar-refractivity contribution in [2.75, 3.05) is 25.4 Å². The standard InChI is InChI=1S/C24H20F3N3O6S/c1-35-22(31)19-18(13-7-5-4-6-8-13)15(12-28)21(29)30(20(19)23(32)36-2)17-10-9-14(37(3,33)34)11-16(17)24(25,26)27/h4-11,18H,29H2,1-3H3. The number of ether oxygens (including phenoxy) is 2. The summed E-state index contributed by atoms with van der Waals surface area (Å²) >= 11 is 0. The third kappa shape index (κ3) is 5.01. The van der Waals surface area contributed by atoms with Crippen molar-refractivity contribution in [2.24, 2.45) is 5.73 Å². The van der Waals surface area contributed by atoms with Crippen LogP contribution >= 0.6 is 0 Å². The number of alkyl halides is 3. The smallest absolute Gasteiger partial charge is 0.418 e. The van der Waals surface area contributed by atoms with Crippen molar-refractivity contribution in [3.05, 3.63) is 82.3 Å². The number of halogens is 3. The fourth-order valence-electron chi connectivity index (χ4n) is 3.93. The average molecular weight is 536 g/mol. The van der Waals surface area contributed by atoms with Gasteiger partial charge in [0.05, 0.1) is 53.5 Å². The third-order valence-electron chi connectivity index (χ3n) is 5.55. The van der Waals surface area contributed by atoms with E-state index in [1.165, 1.54) is 12.1 Å². The number of benzene rings is 2. The van der Waals surface area contributed by atoms with Gasteiger partial charge in [0.1, 0.15) is 11.5 Å². The second kappa shape index (κ2) is 9.98. The van der Waals surface area contributed by atoms with Crippen LogP contribution in [-0.2, 0) is 35.1 Å². The van der Waals surface area contributed by atoms with Crippen LogP contribution in [0, 0.1) is 11.3 Å². The maximum atomic E-state index is 14.2. The molecule has 0 saturated heterocycles. The molecule has 0 aromatic heterocycles. The van der Waals surface area contributed by atoms with Gasteiger partial charge in [-0.1, -0.05) is 30.3 Å². The SMILES string of the molecule is COC(=O)C1=C(C(=O)OC)N(c2ccc(S(C)(=O)=O)cc2C(F)(F)F)C(N)=C(C#N)C1c1ccccc1.